The van der Waals surface area contributed by atoms with E-state index in [1.54, 1.807) is 0 Å². The fourth-order valence-corrected chi connectivity index (χ4v) is 2.04. The highest BCUT2D eigenvalue weighted by Gasteiger charge is 2.04. The Hall–Kier alpha value is -0.990. The van der Waals surface area contributed by atoms with Gasteiger partial charge in [0.05, 0.1) is 0 Å². The van der Waals surface area contributed by atoms with Crippen LogP contribution in [0.5, 0.6) is 0 Å². The van der Waals surface area contributed by atoms with Crippen LogP contribution in [0.4, 0.5) is 0 Å². The molecule has 0 N–H and O–H groups in total. The summed E-state index contributed by atoms with van der Waals surface area (Å²) in [6.07, 6.45) is 11.2. The molecule has 0 unspecified atom stereocenters. The number of hydrogen-bond acceptors (Lipinski definition) is 3. The van der Waals surface area contributed by atoms with Crippen molar-refractivity contribution in [1.82, 2.24) is 0 Å². The van der Waals surface area contributed by atoms with E-state index in [2.05, 4.69) is 0 Å². The Morgan fingerprint density at radius 1 is 0.737 bits per heavy atom. The Kier molecular flexibility index (Phi) is 12.7. The van der Waals surface area contributed by atoms with Crippen molar-refractivity contribution in [3.63, 3.8) is 0 Å². The van der Waals surface area contributed by atoms with Crippen molar-refractivity contribution in [2.24, 2.45) is 0 Å². The third-order valence-corrected chi connectivity index (χ3v) is 3.33. The number of ketones is 2. The molecule has 0 fully saturated rings. The van der Waals surface area contributed by atoms with E-state index in [-0.39, 0.29) is 5.78 Å². The van der Waals surface area contributed by atoms with Crippen molar-refractivity contribution < 1.29 is 14.4 Å². The molecule has 0 bridgehead atoms. The summed E-state index contributed by atoms with van der Waals surface area (Å²) in [6.45, 7) is 1.86. The first-order valence-electron chi connectivity index (χ1n) is 7.67. The van der Waals surface area contributed by atoms with Crippen molar-refractivity contribution in [2.45, 2.75) is 84.0 Å². The molecule has 0 aliphatic heterocycles. The van der Waals surface area contributed by atoms with Gasteiger partial charge in [-0.2, -0.15) is 0 Å². The van der Waals surface area contributed by atoms with Crippen LogP contribution in [0.1, 0.15) is 84.0 Å². The predicted molar refractivity (Wildman–Crippen MR) is 77.2 cm³/mol. The fourth-order valence-electron chi connectivity index (χ4n) is 2.04. The summed E-state index contributed by atoms with van der Waals surface area (Å²) in [5.41, 5.74) is 0. The third kappa shape index (κ3) is 13.2. The van der Waals surface area contributed by atoms with Crippen molar-refractivity contribution in [3.8, 4) is 0 Å². The molecule has 110 valence electrons. The first kappa shape index (κ1) is 18.0. The second kappa shape index (κ2) is 13.4. The second-order valence-corrected chi connectivity index (χ2v) is 5.11. The minimum Gasteiger partial charge on any atom is -0.303 e. The molecule has 0 aromatic carbocycles. The van der Waals surface area contributed by atoms with Crippen molar-refractivity contribution in [1.29, 1.82) is 0 Å². The molecular formula is C16H28O3. The molecule has 3 nitrogen and oxygen atoms in total. The largest absolute Gasteiger partial charge is 0.303 e. The van der Waals surface area contributed by atoms with E-state index in [4.69, 9.17) is 0 Å². The highest BCUT2D eigenvalue weighted by molar-refractivity contribution is 5.80. The van der Waals surface area contributed by atoms with E-state index in [1.807, 2.05) is 6.92 Å². The van der Waals surface area contributed by atoms with E-state index < -0.39 is 0 Å². The average Bonchev–Trinajstić information content (AvgIpc) is 2.41. The Morgan fingerprint density at radius 2 is 1.26 bits per heavy atom. The molecule has 0 amide bonds. The molecule has 0 atom stereocenters. The molecule has 0 heterocycles. The van der Waals surface area contributed by atoms with Gasteiger partial charge in [0, 0.05) is 32.1 Å². The Balaban J connectivity index is 3.24. The maximum Gasteiger partial charge on any atom is 0.132 e. The number of carbonyl (C=O) groups is 3. The van der Waals surface area contributed by atoms with Gasteiger partial charge in [0.25, 0.3) is 0 Å². The van der Waals surface area contributed by atoms with Gasteiger partial charge in [0.15, 0.2) is 0 Å². The predicted octanol–water partition coefficient (Wildman–Crippen LogP) is 4.02. The van der Waals surface area contributed by atoms with Gasteiger partial charge in [0.2, 0.25) is 0 Å². The second-order valence-electron chi connectivity index (χ2n) is 5.11. The monoisotopic (exact) mass is 268 g/mol. The number of Topliss-reactive ketones (excluding diaryl/α,β-unsaturated/α-hetero) is 2. The molecule has 0 rings (SSSR count). The lowest BCUT2D eigenvalue weighted by molar-refractivity contribution is -0.120. The van der Waals surface area contributed by atoms with Crippen molar-refractivity contribution in [2.75, 3.05) is 0 Å². The zero-order valence-electron chi connectivity index (χ0n) is 12.3. The summed E-state index contributed by atoms with van der Waals surface area (Å²) in [6, 6.07) is 0. The highest BCUT2D eigenvalue weighted by atomic mass is 16.1. The minimum absolute atomic E-state index is 0.253. The molecule has 0 aromatic rings. The van der Waals surface area contributed by atoms with Crippen molar-refractivity contribution >= 4 is 17.9 Å². The van der Waals surface area contributed by atoms with Crippen LogP contribution in [-0.4, -0.2) is 17.9 Å². The molecule has 3 heteroatoms. The lowest BCUT2D eigenvalue weighted by Crippen LogP contribution is -2.01. The number of aldehydes is 1. The van der Waals surface area contributed by atoms with Gasteiger partial charge < -0.3 is 4.79 Å². The third-order valence-electron chi connectivity index (χ3n) is 3.33. The van der Waals surface area contributed by atoms with Crippen LogP contribution in [0.2, 0.25) is 0 Å². The lowest BCUT2D eigenvalue weighted by Gasteiger charge is -2.01. The maximum atomic E-state index is 11.5. The summed E-state index contributed by atoms with van der Waals surface area (Å²) < 4.78 is 0. The standard InChI is InChI=1S/C16H28O3/c1-2-15(18)12-10-13-16(19)11-8-6-4-3-5-7-9-14-17/h14H,2-13H2,1H3. The maximum absolute atomic E-state index is 11.5. The van der Waals surface area contributed by atoms with Crippen LogP contribution in [0.15, 0.2) is 0 Å². The quantitative estimate of drug-likeness (QED) is 0.353. The number of rotatable bonds is 14. The number of hydrogen-bond donors (Lipinski definition) is 0. The van der Waals surface area contributed by atoms with E-state index >= 15 is 0 Å². The molecule has 0 aliphatic rings. The van der Waals surface area contributed by atoms with E-state index in [1.165, 1.54) is 0 Å². The van der Waals surface area contributed by atoms with E-state index in [9.17, 15) is 14.4 Å². The Morgan fingerprint density at radius 3 is 1.89 bits per heavy atom. The van der Waals surface area contributed by atoms with Crippen LogP contribution < -0.4 is 0 Å². The van der Waals surface area contributed by atoms with Gasteiger partial charge in [-0.3, -0.25) is 9.59 Å². The van der Waals surface area contributed by atoms with Crippen LogP contribution in [0.25, 0.3) is 0 Å². The number of carbonyl (C=O) groups excluding carboxylic acids is 3. The van der Waals surface area contributed by atoms with E-state index in [0.717, 1.165) is 51.2 Å². The lowest BCUT2D eigenvalue weighted by atomic mass is 10.0. The van der Waals surface area contributed by atoms with Gasteiger partial charge >= 0.3 is 0 Å². The summed E-state index contributed by atoms with van der Waals surface area (Å²) >= 11 is 0. The van der Waals surface area contributed by atoms with Gasteiger partial charge in [-0.15, -0.1) is 0 Å². The van der Waals surface area contributed by atoms with Crippen LogP contribution in [-0.2, 0) is 14.4 Å². The smallest absolute Gasteiger partial charge is 0.132 e. The molecule has 0 spiro atoms. The molecule has 0 saturated carbocycles. The molecule has 0 radical (unpaired) electrons. The Labute approximate surface area is 117 Å². The Bertz CT molecular complexity index is 259. The normalized spacial score (nSPS) is 10.4. The van der Waals surface area contributed by atoms with Crippen molar-refractivity contribution in [3.05, 3.63) is 0 Å². The van der Waals surface area contributed by atoms with E-state index in [0.29, 0.717) is 37.9 Å². The number of unbranched alkanes of at least 4 members (excludes halogenated alkanes) is 6. The SMILES string of the molecule is CCC(=O)CCCC(=O)CCCCCCCCC=O. The van der Waals surface area contributed by atoms with Gasteiger partial charge in [0.1, 0.15) is 17.9 Å². The van der Waals surface area contributed by atoms with Gasteiger partial charge in [-0.05, 0) is 19.3 Å². The molecule has 0 aliphatic carbocycles. The summed E-state index contributed by atoms with van der Waals surface area (Å²) in [5, 5.41) is 0. The zero-order valence-corrected chi connectivity index (χ0v) is 12.3. The molecule has 19 heavy (non-hydrogen) atoms. The molecule has 0 saturated heterocycles. The molecule has 0 aromatic heterocycles. The minimum atomic E-state index is 0.253. The fraction of sp³-hybridized carbons (Fsp3) is 0.812. The summed E-state index contributed by atoms with van der Waals surface area (Å²) in [4.78, 5) is 32.7. The molecular weight excluding hydrogens is 240 g/mol. The highest BCUT2D eigenvalue weighted by Crippen LogP contribution is 2.10. The van der Waals surface area contributed by atoms with Gasteiger partial charge in [-0.1, -0.05) is 32.6 Å². The first-order valence-corrected chi connectivity index (χ1v) is 7.67. The van der Waals surface area contributed by atoms with Crippen LogP contribution in [0.3, 0.4) is 0 Å². The van der Waals surface area contributed by atoms with Crippen LogP contribution in [0, 0.1) is 0 Å². The summed E-state index contributed by atoms with van der Waals surface area (Å²) in [7, 11) is 0. The van der Waals surface area contributed by atoms with Gasteiger partial charge in [-0.25, -0.2) is 0 Å². The first-order chi connectivity index (χ1) is 9.20. The topological polar surface area (TPSA) is 51.2 Å². The average molecular weight is 268 g/mol. The van der Waals surface area contributed by atoms with Crippen LogP contribution >= 0.6 is 0 Å². The summed E-state index contributed by atoms with van der Waals surface area (Å²) in [5.74, 6) is 0.549. The zero-order chi connectivity index (χ0) is 14.3.